The highest BCUT2D eigenvalue weighted by Gasteiger charge is 2.14. The molecule has 0 aliphatic carbocycles. The van der Waals surface area contributed by atoms with Gasteiger partial charge < -0.3 is 0 Å². The van der Waals surface area contributed by atoms with Gasteiger partial charge in [0, 0.05) is 29.1 Å². The molecule has 0 aliphatic rings. The molecule has 0 radical (unpaired) electrons. The van der Waals surface area contributed by atoms with Crippen LogP contribution in [0.4, 0.5) is 0 Å². The van der Waals surface area contributed by atoms with Crippen LogP contribution in [0.2, 0.25) is 0 Å². The van der Waals surface area contributed by atoms with Gasteiger partial charge in [-0.15, -0.1) is 0 Å². The van der Waals surface area contributed by atoms with Crippen LogP contribution in [0.15, 0.2) is 176 Å². The van der Waals surface area contributed by atoms with Gasteiger partial charge in [-0.3, -0.25) is 0 Å². The molecule has 46 heavy (non-hydrogen) atoms. The Morgan fingerprint density at radius 3 is 1.54 bits per heavy atom. The first kappa shape index (κ1) is 27.4. The van der Waals surface area contributed by atoms with Crippen LogP contribution in [0.1, 0.15) is 0 Å². The molecular weight excluding hydrogens is 558 g/mol. The van der Waals surface area contributed by atoms with E-state index < -0.39 is 0 Å². The Morgan fingerprint density at radius 2 is 0.826 bits per heavy atom. The number of benzene rings is 6. The van der Waals surface area contributed by atoms with Gasteiger partial charge in [-0.1, -0.05) is 121 Å². The average molecular weight is 588 g/mol. The number of aromatic nitrogens is 3. The fourth-order valence-corrected chi connectivity index (χ4v) is 6.09. The summed E-state index contributed by atoms with van der Waals surface area (Å²) in [5.74, 6) is 0.712. The second-order valence-electron chi connectivity index (χ2n) is 11.3. The minimum atomic E-state index is 0.712. The summed E-state index contributed by atoms with van der Waals surface area (Å²) in [6, 6.07) is 57.6. The molecule has 0 unspecified atom stereocenters. The molecule has 0 fully saturated rings. The Balaban J connectivity index is 1.37. The summed E-state index contributed by atoms with van der Waals surface area (Å²) in [7, 11) is 0. The van der Waals surface area contributed by atoms with E-state index in [4.69, 9.17) is 4.98 Å². The van der Waals surface area contributed by atoms with Crippen LogP contribution in [0.5, 0.6) is 0 Å². The predicted octanol–water partition coefficient (Wildman–Crippen LogP) is 11.0. The third-order valence-corrected chi connectivity index (χ3v) is 8.35. The van der Waals surface area contributed by atoms with E-state index in [1.807, 2.05) is 18.2 Å². The normalized spacial score (nSPS) is 11.0. The number of nitrogens with zero attached hydrogens (tertiary/aromatic N) is 3. The minimum Gasteiger partial charge on any atom is -0.248 e. The van der Waals surface area contributed by atoms with E-state index in [1.54, 1.807) is 12.4 Å². The topological polar surface area (TPSA) is 38.7 Å². The number of fused-ring (bicyclic) bond motifs is 1. The van der Waals surface area contributed by atoms with Crippen molar-refractivity contribution in [3.63, 3.8) is 0 Å². The summed E-state index contributed by atoms with van der Waals surface area (Å²) in [4.78, 5) is 14.1. The van der Waals surface area contributed by atoms with Gasteiger partial charge in [-0.25, -0.2) is 15.0 Å². The van der Waals surface area contributed by atoms with Crippen molar-refractivity contribution in [1.29, 1.82) is 0 Å². The Bertz CT molecular complexity index is 2230. The van der Waals surface area contributed by atoms with E-state index >= 15 is 0 Å². The third-order valence-electron chi connectivity index (χ3n) is 8.35. The molecular formula is C43H29N3. The van der Waals surface area contributed by atoms with Gasteiger partial charge in [0.25, 0.3) is 0 Å². The van der Waals surface area contributed by atoms with Crippen molar-refractivity contribution in [2.75, 3.05) is 0 Å². The Kier molecular flexibility index (Phi) is 7.18. The molecule has 8 rings (SSSR count). The number of hydrogen-bond donors (Lipinski definition) is 0. The summed E-state index contributed by atoms with van der Waals surface area (Å²) in [5.41, 5.74) is 11.9. The van der Waals surface area contributed by atoms with Crippen LogP contribution in [-0.4, -0.2) is 15.0 Å². The highest BCUT2D eigenvalue weighted by molar-refractivity contribution is 5.98. The zero-order valence-corrected chi connectivity index (χ0v) is 25.1. The monoisotopic (exact) mass is 587 g/mol. The zero-order valence-electron chi connectivity index (χ0n) is 25.1. The van der Waals surface area contributed by atoms with Gasteiger partial charge in [0.15, 0.2) is 5.82 Å². The maximum absolute atomic E-state index is 5.13. The third kappa shape index (κ3) is 5.47. The summed E-state index contributed by atoms with van der Waals surface area (Å²) in [5, 5.41) is 2.45. The van der Waals surface area contributed by atoms with E-state index in [2.05, 4.69) is 156 Å². The predicted molar refractivity (Wildman–Crippen MR) is 190 cm³/mol. The van der Waals surface area contributed by atoms with Crippen molar-refractivity contribution in [3.05, 3.63) is 176 Å². The Hall–Kier alpha value is -6.19. The van der Waals surface area contributed by atoms with Gasteiger partial charge in [-0.2, -0.15) is 0 Å². The van der Waals surface area contributed by atoms with Crippen molar-refractivity contribution in [2.24, 2.45) is 0 Å². The van der Waals surface area contributed by atoms with Crippen molar-refractivity contribution >= 4 is 10.8 Å². The van der Waals surface area contributed by atoms with Crippen LogP contribution in [0, 0.1) is 0 Å². The van der Waals surface area contributed by atoms with Crippen molar-refractivity contribution in [3.8, 4) is 67.3 Å². The van der Waals surface area contributed by atoms with Crippen LogP contribution in [0.3, 0.4) is 0 Å². The SMILES string of the molecule is c1ccc(-c2cc(-c3cc(-c4cccc(-c5ncccn5)c4)cc(-c4cccc5ccccc45)c3)cc(-c3ccccc3)n2)cc1. The van der Waals surface area contributed by atoms with E-state index in [0.29, 0.717) is 5.82 Å². The molecule has 8 aromatic rings. The Morgan fingerprint density at radius 1 is 0.326 bits per heavy atom. The number of pyridine rings is 1. The van der Waals surface area contributed by atoms with E-state index in [1.165, 1.54) is 16.3 Å². The molecule has 3 heteroatoms. The fraction of sp³-hybridized carbons (Fsp3) is 0. The molecule has 0 N–H and O–H groups in total. The standard InChI is InChI=1S/C43H29N3/c1-3-13-31(14-4-1)41-28-37(29-42(46-41)32-15-5-2-6-16-32)36-25-35(33-18-9-19-34(24-33)43-44-22-11-23-45-43)26-38(27-36)40-21-10-17-30-12-7-8-20-39(30)40/h1-29H. The molecule has 3 nitrogen and oxygen atoms in total. The molecule has 0 saturated carbocycles. The van der Waals surface area contributed by atoms with Crippen LogP contribution in [0.25, 0.3) is 78.1 Å². The molecule has 216 valence electrons. The smallest absolute Gasteiger partial charge is 0.159 e. The highest BCUT2D eigenvalue weighted by Crippen LogP contribution is 2.38. The lowest BCUT2D eigenvalue weighted by molar-refractivity contribution is 1.18. The molecule has 0 saturated heterocycles. The molecule has 0 aliphatic heterocycles. The first-order chi connectivity index (χ1) is 22.8. The van der Waals surface area contributed by atoms with Crippen LogP contribution >= 0.6 is 0 Å². The first-order valence-electron chi connectivity index (χ1n) is 15.4. The van der Waals surface area contributed by atoms with Gasteiger partial charge in [0.2, 0.25) is 0 Å². The zero-order chi connectivity index (χ0) is 30.7. The van der Waals surface area contributed by atoms with Crippen molar-refractivity contribution in [1.82, 2.24) is 15.0 Å². The van der Waals surface area contributed by atoms with Crippen LogP contribution < -0.4 is 0 Å². The van der Waals surface area contributed by atoms with Gasteiger partial charge in [0.05, 0.1) is 11.4 Å². The summed E-state index contributed by atoms with van der Waals surface area (Å²) >= 11 is 0. The second kappa shape index (κ2) is 12.1. The Labute approximate surface area is 268 Å². The second-order valence-corrected chi connectivity index (χ2v) is 11.3. The van der Waals surface area contributed by atoms with Crippen LogP contribution in [-0.2, 0) is 0 Å². The highest BCUT2D eigenvalue weighted by atomic mass is 14.8. The van der Waals surface area contributed by atoms with Gasteiger partial charge in [0.1, 0.15) is 0 Å². The molecule has 0 bridgehead atoms. The number of rotatable bonds is 6. The quantitative estimate of drug-likeness (QED) is 0.194. The fourth-order valence-electron chi connectivity index (χ4n) is 6.09. The van der Waals surface area contributed by atoms with Gasteiger partial charge >= 0.3 is 0 Å². The maximum atomic E-state index is 5.13. The summed E-state index contributed by atoms with van der Waals surface area (Å²) in [6.45, 7) is 0. The van der Waals surface area contributed by atoms with Crippen molar-refractivity contribution in [2.45, 2.75) is 0 Å². The lowest BCUT2D eigenvalue weighted by Gasteiger charge is -2.15. The van der Waals surface area contributed by atoms with E-state index in [9.17, 15) is 0 Å². The molecule has 2 heterocycles. The maximum Gasteiger partial charge on any atom is 0.159 e. The lowest BCUT2D eigenvalue weighted by Crippen LogP contribution is -1.93. The molecule has 0 amide bonds. The average Bonchev–Trinajstić information content (AvgIpc) is 3.15. The lowest BCUT2D eigenvalue weighted by atomic mass is 9.90. The van der Waals surface area contributed by atoms with E-state index in [-0.39, 0.29) is 0 Å². The molecule has 2 aromatic heterocycles. The largest absolute Gasteiger partial charge is 0.248 e. The number of hydrogen-bond acceptors (Lipinski definition) is 3. The first-order valence-corrected chi connectivity index (χ1v) is 15.4. The summed E-state index contributed by atoms with van der Waals surface area (Å²) in [6.07, 6.45) is 3.57. The molecule has 6 aromatic carbocycles. The van der Waals surface area contributed by atoms with E-state index in [0.717, 1.165) is 55.9 Å². The van der Waals surface area contributed by atoms with Gasteiger partial charge in [-0.05, 0) is 86.6 Å². The molecule has 0 atom stereocenters. The molecule has 0 spiro atoms. The minimum absolute atomic E-state index is 0.712. The summed E-state index contributed by atoms with van der Waals surface area (Å²) < 4.78 is 0. The van der Waals surface area contributed by atoms with Crippen molar-refractivity contribution < 1.29 is 0 Å².